The fourth-order valence-corrected chi connectivity index (χ4v) is 6.79. The van der Waals surface area contributed by atoms with Crippen LogP contribution in [0.5, 0.6) is 0 Å². The molecule has 0 radical (unpaired) electrons. The van der Waals surface area contributed by atoms with Crippen molar-refractivity contribution in [3.8, 4) is 0 Å². The predicted molar refractivity (Wildman–Crippen MR) is 46.8 cm³/mol. The summed E-state index contributed by atoms with van der Waals surface area (Å²) in [5.41, 5.74) is 0.495. The Bertz CT molecular complexity index is 360. The van der Waals surface area contributed by atoms with Crippen LogP contribution in [-0.2, 0) is 4.79 Å². The van der Waals surface area contributed by atoms with Crippen molar-refractivity contribution in [1.29, 1.82) is 0 Å². The van der Waals surface area contributed by atoms with Crippen molar-refractivity contribution in [1.82, 2.24) is 0 Å². The van der Waals surface area contributed by atoms with Crippen molar-refractivity contribution in [3.05, 3.63) is 0 Å². The maximum atomic E-state index is 12.1. The second-order valence-electron chi connectivity index (χ2n) is 6.45. The van der Waals surface area contributed by atoms with E-state index in [0.29, 0.717) is 23.0 Å². The Balaban J connectivity index is 1.94. The lowest BCUT2D eigenvalue weighted by atomic mass is 9.64. The molecule has 0 aromatic rings. The molecule has 0 saturated heterocycles. The van der Waals surface area contributed by atoms with Crippen molar-refractivity contribution < 1.29 is 4.79 Å². The minimum atomic E-state index is 0.495. The zero-order valence-corrected chi connectivity index (χ0v) is 7.86. The molecule has 6 saturated carbocycles. The lowest BCUT2D eigenvalue weighted by molar-refractivity contribution is -0.122. The van der Waals surface area contributed by atoms with Gasteiger partial charge in [0.05, 0.1) is 0 Å². The summed E-state index contributed by atoms with van der Waals surface area (Å²) in [5.74, 6) is 6.38. The average Bonchev–Trinajstić information content (AvgIpc) is 2.70. The van der Waals surface area contributed by atoms with Crippen molar-refractivity contribution in [3.63, 3.8) is 0 Å². The molecule has 6 aliphatic carbocycles. The van der Waals surface area contributed by atoms with Gasteiger partial charge in [0.2, 0.25) is 0 Å². The zero-order valence-electron chi connectivity index (χ0n) is 7.86. The van der Waals surface area contributed by atoms with Crippen molar-refractivity contribution in [2.45, 2.75) is 19.8 Å². The lowest BCUT2D eigenvalue weighted by Crippen LogP contribution is -2.36. The van der Waals surface area contributed by atoms with Crippen LogP contribution in [0.1, 0.15) is 19.8 Å². The Morgan fingerprint density at radius 2 is 2.15 bits per heavy atom. The van der Waals surface area contributed by atoms with Gasteiger partial charge in [-0.3, -0.25) is 4.79 Å². The molecule has 6 rings (SSSR count). The average molecular weight is 174 g/mol. The van der Waals surface area contributed by atoms with Gasteiger partial charge in [-0.05, 0) is 47.8 Å². The molecule has 0 aromatic heterocycles. The van der Waals surface area contributed by atoms with E-state index in [1.54, 1.807) is 0 Å². The van der Waals surface area contributed by atoms with E-state index >= 15 is 0 Å². The van der Waals surface area contributed by atoms with E-state index in [4.69, 9.17) is 0 Å². The number of carbonyl (C=O) groups is 1. The Hall–Kier alpha value is -0.330. The van der Waals surface area contributed by atoms with Crippen LogP contribution in [0.3, 0.4) is 0 Å². The summed E-state index contributed by atoms with van der Waals surface area (Å²) in [4.78, 5) is 12.1. The minimum absolute atomic E-state index is 0.495. The molecule has 0 spiro atoms. The minimum Gasteiger partial charge on any atom is -0.299 e. The second-order valence-corrected chi connectivity index (χ2v) is 6.45. The quantitative estimate of drug-likeness (QED) is 0.546. The summed E-state index contributed by atoms with van der Waals surface area (Å²) >= 11 is 0. The molecule has 0 aliphatic heterocycles. The fraction of sp³-hybridized carbons (Fsp3) is 0.917. The van der Waals surface area contributed by atoms with Gasteiger partial charge in [-0.15, -0.1) is 0 Å². The Morgan fingerprint density at radius 1 is 1.31 bits per heavy atom. The van der Waals surface area contributed by atoms with Crippen molar-refractivity contribution >= 4 is 5.78 Å². The first-order chi connectivity index (χ1) is 6.23. The standard InChI is InChI=1S/C12H14O/c1-12-3-6-4-2-5-7(6)10(12)11(13)8(5)9(4)12/h4-10H,2-3H2,1H3. The molecule has 0 amide bonds. The molecule has 68 valence electrons. The highest BCUT2D eigenvalue weighted by molar-refractivity contribution is 5.92. The number of hydrogen-bond acceptors (Lipinski definition) is 1. The van der Waals surface area contributed by atoms with Crippen molar-refractivity contribution in [2.75, 3.05) is 0 Å². The smallest absolute Gasteiger partial charge is 0.140 e. The van der Waals surface area contributed by atoms with Gasteiger partial charge in [0.15, 0.2) is 0 Å². The maximum absolute atomic E-state index is 12.1. The Kier molecular flexibility index (Phi) is 0.633. The highest BCUT2D eigenvalue weighted by atomic mass is 16.1. The number of rotatable bonds is 0. The number of carbonyl (C=O) groups excluding carboxylic acids is 1. The van der Waals surface area contributed by atoms with Gasteiger partial charge < -0.3 is 0 Å². The Labute approximate surface area is 77.9 Å². The molecule has 1 heteroatoms. The van der Waals surface area contributed by atoms with E-state index in [1.807, 2.05) is 0 Å². The van der Waals surface area contributed by atoms with E-state index in [9.17, 15) is 4.79 Å². The molecule has 0 N–H and O–H groups in total. The third-order valence-corrected chi connectivity index (χ3v) is 6.56. The van der Waals surface area contributed by atoms with Crippen LogP contribution in [-0.4, -0.2) is 5.78 Å². The molecule has 13 heavy (non-hydrogen) atoms. The van der Waals surface area contributed by atoms with Crippen LogP contribution in [0.25, 0.3) is 0 Å². The van der Waals surface area contributed by atoms with E-state index in [-0.39, 0.29) is 0 Å². The fourth-order valence-electron chi connectivity index (χ4n) is 6.79. The number of ketones is 1. The highest BCUT2D eigenvalue weighted by Gasteiger charge is 2.84. The van der Waals surface area contributed by atoms with E-state index in [0.717, 1.165) is 29.6 Å². The molecule has 6 aliphatic rings. The molecule has 8 unspecified atom stereocenters. The van der Waals surface area contributed by atoms with Gasteiger partial charge in [0.25, 0.3) is 0 Å². The third-order valence-electron chi connectivity index (χ3n) is 6.56. The van der Waals surface area contributed by atoms with Gasteiger partial charge in [0, 0.05) is 11.8 Å². The number of Topliss-reactive ketones (excluding diaryl/α,β-unsaturated/α-hetero) is 1. The summed E-state index contributed by atoms with van der Waals surface area (Å²) in [6.07, 6.45) is 2.85. The van der Waals surface area contributed by atoms with Gasteiger partial charge >= 0.3 is 0 Å². The van der Waals surface area contributed by atoms with Gasteiger partial charge in [-0.1, -0.05) is 6.92 Å². The summed E-state index contributed by atoms with van der Waals surface area (Å²) < 4.78 is 0. The van der Waals surface area contributed by atoms with Crippen LogP contribution in [0.2, 0.25) is 0 Å². The second kappa shape index (κ2) is 1.32. The zero-order chi connectivity index (χ0) is 8.53. The normalized spacial score (nSPS) is 79.8. The highest BCUT2D eigenvalue weighted by Crippen LogP contribution is 2.85. The van der Waals surface area contributed by atoms with E-state index < -0.39 is 0 Å². The molecule has 1 nitrogen and oxygen atoms in total. The molecule has 6 fully saturated rings. The summed E-state index contributed by atoms with van der Waals surface area (Å²) in [6, 6.07) is 0. The van der Waals surface area contributed by atoms with E-state index in [2.05, 4.69) is 6.92 Å². The molecular formula is C12H14O. The summed E-state index contributed by atoms with van der Waals surface area (Å²) in [5, 5.41) is 0. The van der Waals surface area contributed by atoms with Crippen molar-refractivity contribution in [2.24, 2.45) is 46.8 Å². The van der Waals surface area contributed by atoms with Gasteiger partial charge in [-0.2, -0.15) is 0 Å². The molecular weight excluding hydrogens is 160 g/mol. The van der Waals surface area contributed by atoms with Crippen LogP contribution in [0.15, 0.2) is 0 Å². The first-order valence-electron chi connectivity index (χ1n) is 5.77. The Morgan fingerprint density at radius 3 is 2.92 bits per heavy atom. The van der Waals surface area contributed by atoms with Gasteiger partial charge in [-0.25, -0.2) is 0 Å². The topological polar surface area (TPSA) is 17.1 Å². The van der Waals surface area contributed by atoms with E-state index in [1.165, 1.54) is 12.8 Å². The molecule has 0 heterocycles. The monoisotopic (exact) mass is 174 g/mol. The largest absolute Gasteiger partial charge is 0.299 e. The first kappa shape index (κ1) is 6.21. The SMILES string of the molecule is CC12CC3C4CC5C(C(=O)C1C35)C42. The van der Waals surface area contributed by atoms with Crippen LogP contribution < -0.4 is 0 Å². The molecule has 8 atom stereocenters. The van der Waals surface area contributed by atoms with Crippen LogP contribution in [0, 0.1) is 46.8 Å². The molecule has 6 bridgehead atoms. The third kappa shape index (κ3) is 0.340. The molecule has 0 aromatic carbocycles. The lowest BCUT2D eigenvalue weighted by Gasteiger charge is -2.38. The van der Waals surface area contributed by atoms with Gasteiger partial charge in [0.1, 0.15) is 5.78 Å². The summed E-state index contributed by atoms with van der Waals surface area (Å²) in [6.45, 7) is 2.43. The first-order valence-corrected chi connectivity index (χ1v) is 5.77. The predicted octanol–water partition coefficient (Wildman–Crippen LogP) is 1.72. The maximum Gasteiger partial charge on any atom is 0.140 e. The van der Waals surface area contributed by atoms with Crippen LogP contribution >= 0.6 is 0 Å². The number of hydrogen-bond donors (Lipinski definition) is 0. The van der Waals surface area contributed by atoms with Crippen LogP contribution in [0.4, 0.5) is 0 Å². The summed E-state index contributed by atoms with van der Waals surface area (Å²) in [7, 11) is 0.